The Kier molecular flexibility index (Phi) is 2.12. The van der Waals surface area contributed by atoms with E-state index in [1.807, 2.05) is 11.4 Å². The summed E-state index contributed by atoms with van der Waals surface area (Å²) >= 11 is 1.50. The maximum Gasteiger partial charge on any atom is 0.338 e. The van der Waals surface area contributed by atoms with Gasteiger partial charge in [-0.15, -0.1) is 11.3 Å². The van der Waals surface area contributed by atoms with Gasteiger partial charge in [-0.3, -0.25) is 0 Å². The van der Waals surface area contributed by atoms with E-state index in [2.05, 4.69) is 15.1 Å². The van der Waals surface area contributed by atoms with Crippen LogP contribution in [0.1, 0.15) is 10.4 Å². The van der Waals surface area contributed by atoms with E-state index in [0.717, 1.165) is 10.2 Å². The SMILES string of the molecule is O=C(O)c1cnn(-c2ncnc3sccc23)c1. The summed E-state index contributed by atoms with van der Waals surface area (Å²) in [6, 6.07) is 1.89. The van der Waals surface area contributed by atoms with Crippen molar-refractivity contribution in [2.75, 3.05) is 0 Å². The van der Waals surface area contributed by atoms with Gasteiger partial charge in [-0.1, -0.05) is 0 Å². The van der Waals surface area contributed by atoms with Crippen LogP contribution in [-0.4, -0.2) is 30.8 Å². The maximum atomic E-state index is 10.8. The van der Waals surface area contributed by atoms with E-state index in [1.54, 1.807) is 0 Å². The van der Waals surface area contributed by atoms with Crippen LogP contribution in [-0.2, 0) is 0 Å². The molecule has 1 N–H and O–H groups in total. The first-order valence-corrected chi connectivity index (χ1v) is 5.60. The molecule has 3 aromatic rings. The van der Waals surface area contributed by atoms with Crippen molar-refractivity contribution in [2.45, 2.75) is 0 Å². The van der Waals surface area contributed by atoms with Crippen LogP contribution in [0.15, 0.2) is 30.2 Å². The lowest BCUT2D eigenvalue weighted by atomic mass is 10.3. The van der Waals surface area contributed by atoms with Gasteiger partial charge in [0.25, 0.3) is 0 Å². The average molecular weight is 246 g/mol. The van der Waals surface area contributed by atoms with Gasteiger partial charge in [-0.05, 0) is 11.4 Å². The van der Waals surface area contributed by atoms with Gasteiger partial charge >= 0.3 is 5.97 Å². The predicted octanol–water partition coefficient (Wildman–Crippen LogP) is 1.58. The summed E-state index contributed by atoms with van der Waals surface area (Å²) in [5, 5.41) is 15.6. The largest absolute Gasteiger partial charge is 0.478 e. The second-order valence-corrected chi connectivity index (χ2v) is 4.21. The third-order valence-electron chi connectivity index (χ3n) is 2.29. The first-order chi connectivity index (χ1) is 8.25. The van der Waals surface area contributed by atoms with Crippen molar-refractivity contribution in [3.8, 4) is 5.82 Å². The van der Waals surface area contributed by atoms with Crippen molar-refractivity contribution in [2.24, 2.45) is 0 Å². The Labute approximate surface area is 99.2 Å². The lowest BCUT2D eigenvalue weighted by Gasteiger charge is -2.00. The first-order valence-electron chi connectivity index (χ1n) is 4.72. The van der Waals surface area contributed by atoms with Crippen molar-refractivity contribution in [3.63, 3.8) is 0 Å². The number of aromatic nitrogens is 4. The van der Waals surface area contributed by atoms with E-state index in [1.165, 1.54) is 34.7 Å². The van der Waals surface area contributed by atoms with E-state index >= 15 is 0 Å². The Hall–Kier alpha value is -2.28. The molecule has 0 radical (unpaired) electrons. The first kappa shape index (κ1) is 9.91. The lowest BCUT2D eigenvalue weighted by Crippen LogP contribution is -1.99. The van der Waals surface area contributed by atoms with Crippen LogP contribution in [0.25, 0.3) is 16.0 Å². The molecular formula is C10H6N4O2S. The second kappa shape index (κ2) is 3.63. The fraction of sp³-hybridized carbons (Fsp3) is 0. The number of hydrogen-bond acceptors (Lipinski definition) is 5. The Morgan fingerprint density at radius 1 is 1.41 bits per heavy atom. The fourth-order valence-electron chi connectivity index (χ4n) is 1.51. The third-order valence-corrected chi connectivity index (χ3v) is 3.11. The zero-order chi connectivity index (χ0) is 11.8. The summed E-state index contributed by atoms with van der Waals surface area (Å²) < 4.78 is 1.44. The van der Waals surface area contributed by atoms with Crippen LogP contribution in [0.4, 0.5) is 0 Å². The summed E-state index contributed by atoms with van der Waals surface area (Å²) in [5.74, 6) is -0.421. The average Bonchev–Trinajstić information content (AvgIpc) is 2.97. The summed E-state index contributed by atoms with van der Waals surface area (Å²) in [5.41, 5.74) is 0.131. The van der Waals surface area contributed by atoms with Crippen LogP contribution in [0.3, 0.4) is 0 Å². The number of nitrogens with zero attached hydrogens (tertiary/aromatic N) is 4. The highest BCUT2D eigenvalue weighted by Gasteiger charge is 2.11. The van der Waals surface area contributed by atoms with Crippen LogP contribution in [0, 0.1) is 0 Å². The van der Waals surface area contributed by atoms with E-state index in [0.29, 0.717) is 5.82 Å². The van der Waals surface area contributed by atoms with E-state index in [4.69, 9.17) is 5.11 Å². The van der Waals surface area contributed by atoms with E-state index in [9.17, 15) is 4.79 Å². The van der Waals surface area contributed by atoms with Gasteiger partial charge in [0.05, 0.1) is 17.1 Å². The van der Waals surface area contributed by atoms with E-state index in [-0.39, 0.29) is 5.56 Å². The smallest absolute Gasteiger partial charge is 0.338 e. The number of thiophene rings is 1. The molecule has 0 aliphatic rings. The molecule has 7 heteroatoms. The van der Waals surface area contributed by atoms with Gasteiger partial charge in [0, 0.05) is 6.20 Å². The molecule has 0 atom stereocenters. The maximum absolute atomic E-state index is 10.8. The summed E-state index contributed by atoms with van der Waals surface area (Å²) in [6.07, 6.45) is 4.17. The Bertz CT molecular complexity index is 703. The Balaban J connectivity index is 2.19. The normalized spacial score (nSPS) is 10.8. The number of hydrogen-bond donors (Lipinski definition) is 1. The van der Waals surface area contributed by atoms with Crippen molar-refractivity contribution in [1.29, 1.82) is 0 Å². The van der Waals surface area contributed by atoms with Crippen LogP contribution < -0.4 is 0 Å². The molecule has 3 aromatic heterocycles. The highest BCUT2D eigenvalue weighted by atomic mass is 32.1. The van der Waals surface area contributed by atoms with Crippen LogP contribution >= 0.6 is 11.3 Å². The van der Waals surface area contributed by atoms with Crippen molar-refractivity contribution in [3.05, 3.63) is 35.7 Å². The molecule has 3 heterocycles. The minimum absolute atomic E-state index is 0.131. The molecule has 0 fully saturated rings. The molecule has 0 spiro atoms. The number of carboxylic acid groups (broad SMARTS) is 1. The van der Waals surface area contributed by atoms with Gasteiger partial charge < -0.3 is 5.11 Å². The minimum atomic E-state index is -1.01. The zero-order valence-electron chi connectivity index (χ0n) is 8.44. The highest BCUT2D eigenvalue weighted by molar-refractivity contribution is 7.16. The molecule has 0 bridgehead atoms. The molecular weight excluding hydrogens is 240 g/mol. The number of fused-ring (bicyclic) bond motifs is 1. The Morgan fingerprint density at radius 3 is 3.06 bits per heavy atom. The van der Waals surface area contributed by atoms with Crippen molar-refractivity contribution < 1.29 is 9.90 Å². The topological polar surface area (TPSA) is 80.9 Å². The minimum Gasteiger partial charge on any atom is -0.478 e. The molecule has 0 saturated heterocycles. The van der Waals surface area contributed by atoms with Gasteiger partial charge in [0.1, 0.15) is 11.2 Å². The van der Waals surface area contributed by atoms with Crippen molar-refractivity contribution >= 4 is 27.5 Å². The van der Waals surface area contributed by atoms with Gasteiger partial charge in [0.2, 0.25) is 0 Å². The molecule has 17 heavy (non-hydrogen) atoms. The summed E-state index contributed by atoms with van der Waals surface area (Å²) in [4.78, 5) is 19.9. The molecule has 0 aliphatic carbocycles. The standard InChI is InChI=1S/C10H6N4O2S/c15-10(16)6-3-13-14(4-6)8-7-1-2-17-9(7)12-5-11-8/h1-5H,(H,15,16). The molecule has 0 saturated carbocycles. The van der Waals surface area contributed by atoms with Gasteiger partial charge in [0.15, 0.2) is 5.82 Å². The van der Waals surface area contributed by atoms with Gasteiger partial charge in [-0.25, -0.2) is 19.4 Å². The van der Waals surface area contributed by atoms with Crippen LogP contribution in [0.5, 0.6) is 0 Å². The molecule has 6 nitrogen and oxygen atoms in total. The number of rotatable bonds is 2. The molecule has 0 amide bonds. The fourth-order valence-corrected chi connectivity index (χ4v) is 2.24. The summed E-state index contributed by atoms with van der Waals surface area (Å²) in [7, 11) is 0. The summed E-state index contributed by atoms with van der Waals surface area (Å²) in [6.45, 7) is 0. The van der Waals surface area contributed by atoms with Gasteiger partial charge in [-0.2, -0.15) is 5.10 Å². The monoisotopic (exact) mass is 246 g/mol. The van der Waals surface area contributed by atoms with Crippen molar-refractivity contribution in [1.82, 2.24) is 19.7 Å². The highest BCUT2D eigenvalue weighted by Crippen LogP contribution is 2.22. The number of carbonyl (C=O) groups is 1. The quantitative estimate of drug-likeness (QED) is 0.742. The molecule has 0 unspecified atom stereocenters. The second-order valence-electron chi connectivity index (χ2n) is 3.32. The van der Waals surface area contributed by atoms with Crippen LogP contribution in [0.2, 0.25) is 0 Å². The third kappa shape index (κ3) is 1.56. The lowest BCUT2D eigenvalue weighted by molar-refractivity contribution is 0.0697. The Morgan fingerprint density at radius 2 is 2.29 bits per heavy atom. The predicted molar refractivity (Wildman–Crippen MR) is 61.5 cm³/mol. The zero-order valence-corrected chi connectivity index (χ0v) is 9.26. The molecule has 0 aliphatic heterocycles. The number of aromatic carboxylic acids is 1. The molecule has 0 aromatic carbocycles. The molecule has 84 valence electrons. The molecule has 3 rings (SSSR count). The van der Waals surface area contributed by atoms with E-state index < -0.39 is 5.97 Å². The number of carboxylic acids is 1.